The van der Waals surface area contributed by atoms with Gasteiger partial charge < -0.3 is 9.64 Å². The first-order valence-electron chi connectivity index (χ1n) is 7.17. The fraction of sp³-hybridized carbons (Fsp3) is 0.294. The summed E-state index contributed by atoms with van der Waals surface area (Å²) in [6.45, 7) is 3.89. The quantitative estimate of drug-likeness (QED) is 0.787. The molecule has 0 spiro atoms. The van der Waals surface area contributed by atoms with Crippen molar-refractivity contribution in [1.29, 1.82) is 0 Å². The molecule has 4 rings (SSSR count). The van der Waals surface area contributed by atoms with Crippen LogP contribution in [0.1, 0.15) is 25.0 Å². The van der Waals surface area contributed by atoms with Crippen LogP contribution in [-0.4, -0.2) is 13.2 Å². The van der Waals surface area contributed by atoms with E-state index in [1.807, 2.05) is 11.8 Å². The van der Waals surface area contributed by atoms with Gasteiger partial charge in [-0.05, 0) is 31.5 Å². The zero-order valence-electron chi connectivity index (χ0n) is 11.5. The number of rotatable bonds is 2. The highest BCUT2D eigenvalue weighted by atomic mass is 32.2. The molecule has 2 aromatic carbocycles. The van der Waals surface area contributed by atoms with Crippen LogP contribution in [0, 0.1) is 0 Å². The van der Waals surface area contributed by atoms with E-state index >= 15 is 0 Å². The molecule has 2 aliphatic heterocycles. The van der Waals surface area contributed by atoms with Gasteiger partial charge in [-0.15, -0.1) is 0 Å². The summed E-state index contributed by atoms with van der Waals surface area (Å²) in [6, 6.07) is 15.3. The standard InChI is InChI=1S/C17H17NOS/c1-2-19-14-10-11-18-13-7-3-4-8-15(13)20-16-9-5-6-12(14)17(16)18/h3-9,14H,2,10-11H2,1H3. The molecule has 0 saturated carbocycles. The molecule has 1 unspecified atom stereocenters. The predicted octanol–water partition coefficient (Wildman–Crippen LogP) is 4.77. The molecule has 1 atom stereocenters. The summed E-state index contributed by atoms with van der Waals surface area (Å²) in [4.78, 5) is 5.17. The van der Waals surface area contributed by atoms with Crippen molar-refractivity contribution in [2.24, 2.45) is 0 Å². The fourth-order valence-corrected chi connectivity index (χ4v) is 4.32. The highest BCUT2D eigenvalue weighted by molar-refractivity contribution is 7.99. The molecule has 0 fully saturated rings. The number of benzene rings is 2. The van der Waals surface area contributed by atoms with Crippen molar-refractivity contribution in [1.82, 2.24) is 0 Å². The van der Waals surface area contributed by atoms with Gasteiger partial charge >= 0.3 is 0 Å². The van der Waals surface area contributed by atoms with E-state index in [0.717, 1.165) is 19.6 Å². The lowest BCUT2D eigenvalue weighted by molar-refractivity contribution is 0.0552. The number of hydrogen-bond donors (Lipinski definition) is 0. The molecular weight excluding hydrogens is 266 g/mol. The van der Waals surface area contributed by atoms with E-state index in [1.54, 1.807) is 0 Å². The lowest BCUT2D eigenvalue weighted by Gasteiger charge is -2.40. The third-order valence-corrected chi connectivity index (χ3v) is 5.12. The Labute approximate surface area is 123 Å². The highest BCUT2D eigenvalue weighted by Crippen LogP contribution is 2.53. The number of fused-ring (bicyclic) bond motifs is 2. The second-order valence-corrected chi connectivity index (χ2v) is 6.23. The average Bonchev–Trinajstić information content (AvgIpc) is 2.50. The Hall–Kier alpha value is -1.45. The topological polar surface area (TPSA) is 12.5 Å². The summed E-state index contributed by atoms with van der Waals surface area (Å²) in [5.41, 5.74) is 4.05. The Balaban J connectivity index is 1.87. The van der Waals surface area contributed by atoms with Gasteiger partial charge in [-0.3, -0.25) is 0 Å². The first-order chi connectivity index (χ1) is 9.88. The van der Waals surface area contributed by atoms with E-state index in [0.29, 0.717) is 0 Å². The molecule has 0 aliphatic carbocycles. The van der Waals surface area contributed by atoms with Crippen molar-refractivity contribution in [2.45, 2.75) is 29.2 Å². The van der Waals surface area contributed by atoms with Crippen LogP contribution < -0.4 is 4.90 Å². The first kappa shape index (κ1) is 12.3. The summed E-state index contributed by atoms with van der Waals surface area (Å²) in [5.74, 6) is 0. The van der Waals surface area contributed by atoms with Gasteiger partial charge in [0.05, 0.1) is 17.5 Å². The molecule has 2 aromatic rings. The van der Waals surface area contributed by atoms with E-state index in [1.165, 1.54) is 26.7 Å². The normalized spacial score (nSPS) is 19.4. The van der Waals surface area contributed by atoms with Gasteiger partial charge in [-0.2, -0.15) is 0 Å². The summed E-state index contributed by atoms with van der Waals surface area (Å²) >= 11 is 1.87. The molecule has 20 heavy (non-hydrogen) atoms. The first-order valence-corrected chi connectivity index (χ1v) is 7.99. The molecular formula is C17H17NOS. The Morgan fingerprint density at radius 3 is 2.90 bits per heavy atom. The molecule has 0 bridgehead atoms. The van der Waals surface area contributed by atoms with Crippen LogP contribution in [0.25, 0.3) is 0 Å². The van der Waals surface area contributed by atoms with Crippen LogP contribution in [-0.2, 0) is 4.74 Å². The number of ether oxygens (including phenoxy) is 1. The maximum Gasteiger partial charge on any atom is 0.0862 e. The van der Waals surface area contributed by atoms with Crippen molar-refractivity contribution in [3.8, 4) is 0 Å². The van der Waals surface area contributed by atoms with Gasteiger partial charge in [-0.25, -0.2) is 0 Å². The molecule has 2 nitrogen and oxygen atoms in total. The molecule has 3 heteroatoms. The van der Waals surface area contributed by atoms with Gasteiger partial charge in [0.2, 0.25) is 0 Å². The second kappa shape index (κ2) is 4.83. The SMILES string of the molecule is CCOC1CCN2c3ccccc3Sc3cccc1c32. The van der Waals surface area contributed by atoms with E-state index in [4.69, 9.17) is 4.74 Å². The third-order valence-electron chi connectivity index (χ3n) is 4.01. The van der Waals surface area contributed by atoms with Crippen molar-refractivity contribution in [2.75, 3.05) is 18.1 Å². The van der Waals surface area contributed by atoms with Gasteiger partial charge in [0.1, 0.15) is 0 Å². The van der Waals surface area contributed by atoms with Crippen LogP contribution in [0.5, 0.6) is 0 Å². The molecule has 0 radical (unpaired) electrons. The summed E-state index contributed by atoms with van der Waals surface area (Å²) in [6.07, 6.45) is 1.31. The largest absolute Gasteiger partial charge is 0.374 e. The van der Waals surface area contributed by atoms with Gasteiger partial charge in [-0.1, -0.05) is 36.0 Å². The lowest BCUT2D eigenvalue weighted by Crippen LogP contribution is -2.30. The Kier molecular flexibility index (Phi) is 2.97. The van der Waals surface area contributed by atoms with Gasteiger partial charge in [0.25, 0.3) is 0 Å². The molecule has 102 valence electrons. The van der Waals surface area contributed by atoms with Gasteiger partial charge in [0.15, 0.2) is 0 Å². The van der Waals surface area contributed by atoms with Crippen molar-refractivity contribution < 1.29 is 4.74 Å². The maximum absolute atomic E-state index is 5.93. The maximum atomic E-state index is 5.93. The Morgan fingerprint density at radius 2 is 2.00 bits per heavy atom. The van der Waals surface area contributed by atoms with Crippen LogP contribution >= 0.6 is 11.8 Å². The molecule has 0 amide bonds. The lowest BCUT2D eigenvalue weighted by atomic mass is 9.97. The number of hydrogen-bond acceptors (Lipinski definition) is 3. The Bertz CT molecular complexity index is 655. The summed E-state index contributed by atoms with van der Waals surface area (Å²) in [7, 11) is 0. The minimum atomic E-state index is 0.247. The fourth-order valence-electron chi connectivity index (χ4n) is 3.18. The smallest absolute Gasteiger partial charge is 0.0862 e. The zero-order valence-corrected chi connectivity index (χ0v) is 12.3. The summed E-state index contributed by atoms with van der Waals surface area (Å²) < 4.78 is 5.93. The minimum Gasteiger partial charge on any atom is -0.374 e. The van der Waals surface area contributed by atoms with Crippen LogP contribution in [0.15, 0.2) is 52.3 Å². The van der Waals surface area contributed by atoms with Crippen LogP contribution in [0.4, 0.5) is 11.4 Å². The van der Waals surface area contributed by atoms with Crippen molar-refractivity contribution in [3.05, 3.63) is 48.0 Å². The molecule has 2 heterocycles. The minimum absolute atomic E-state index is 0.247. The Morgan fingerprint density at radius 1 is 1.15 bits per heavy atom. The molecule has 2 aliphatic rings. The van der Waals surface area contributed by atoms with E-state index in [2.05, 4.69) is 54.3 Å². The third kappa shape index (κ3) is 1.77. The predicted molar refractivity (Wildman–Crippen MR) is 83.0 cm³/mol. The monoisotopic (exact) mass is 283 g/mol. The van der Waals surface area contributed by atoms with Crippen molar-refractivity contribution in [3.63, 3.8) is 0 Å². The molecule has 0 saturated heterocycles. The van der Waals surface area contributed by atoms with E-state index in [9.17, 15) is 0 Å². The van der Waals surface area contributed by atoms with E-state index < -0.39 is 0 Å². The van der Waals surface area contributed by atoms with Gasteiger partial charge in [0, 0.05) is 28.5 Å². The highest BCUT2D eigenvalue weighted by Gasteiger charge is 2.32. The zero-order chi connectivity index (χ0) is 13.5. The van der Waals surface area contributed by atoms with E-state index in [-0.39, 0.29) is 6.10 Å². The number of anilines is 2. The molecule has 0 N–H and O–H groups in total. The van der Waals surface area contributed by atoms with Crippen LogP contribution in [0.3, 0.4) is 0 Å². The average molecular weight is 283 g/mol. The molecule has 0 aromatic heterocycles. The number of nitrogens with zero attached hydrogens (tertiary/aromatic N) is 1. The van der Waals surface area contributed by atoms with Crippen LogP contribution in [0.2, 0.25) is 0 Å². The second-order valence-electron chi connectivity index (χ2n) is 5.15. The summed E-state index contributed by atoms with van der Waals surface area (Å²) in [5, 5.41) is 0. The van der Waals surface area contributed by atoms with Crippen molar-refractivity contribution >= 4 is 23.1 Å². The number of para-hydroxylation sites is 2.